The number of hydrogen-bond donors (Lipinski definition) is 2. The molecule has 2 amide bonds. The number of anilines is 1. The van der Waals surface area contributed by atoms with Gasteiger partial charge in [-0.1, -0.05) is 56.3 Å². The number of para-hydroxylation sites is 1. The number of hydrogen-bond acceptors (Lipinski definition) is 3. The maximum absolute atomic E-state index is 12.5. The second kappa shape index (κ2) is 8.49. The first-order valence-corrected chi connectivity index (χ1v) is 9.98. The van der Waals surface area contributed by atoms with Crippen molar-refractivity contribution in [3.05, 3.63) is 77.6 Å². The minimum absolute atomic E-state index is 0.0211. The van der Waals surface area contributed by atoms with Gasteiger partial charge in [0.1, 0.15) is 0 Å². The fraction of sp³-hybridized carbons (Fsp3) is 0.304. The van der Waals surface area contributed by atoms with Crippen molar-refractivity contribution >= 4 is 11.7 Å². The third-order valence-electron chi connectivity index (χ3n) is 5.13. The maximum atomic E-state index is 12.5. The zero-order valence-corrected chi connectivity index (χ0v) is 16.8. The molecule has 2 aromatic carbocycles. The van der Waals surface area contributed by atoms with Crippen molar-refractivity contribution in [2.24, 2.45) is 0 Å². The predicted molar refractivity (Wildman–Crippen MR) is 113 cm³/mol. The Labute approximate surface area is 170 Å². The maximum Gasteiger partial charge on any atom is 0.319 e. The number of rotatable bonds is 5. The standard InChI is InChI=1S/C23H26N4O2/c1-16(2)22-21(14-25-27(22)19-10-4-3-5-11-19)26-23(28)24-13-20-12-17-8-6-7-9-18(17)15-29-20/h3-11,14,16,20H,12-13,15H2,1-2H3,(H2,24,26,28)/t20-/m0/s1. The molecule has 0 aliphatic carbocycles. The number of fused-ring (bicyclic) bond motifs is 1. The lowest BCUT2D eigenvalue weighted by molar-refractivity contribution is 0.0308. The van der Waals surface area contributed by atoms with E-state index in [2.05, 4.69) is 41.7 Å². The van der Waals surface area contributed by atoms with Crippen LogP contribution in [0.15, 0.2) is 60.8 Å². The van der Waals surface area contributed by atoms with Crippen molar-refractivity contribution in [3.63, 3.8) is 0 Å². The van der Waals surface area contributed by atoms with Crippen LogP contribution < -0.4 is 10.6 Å². The predicted octanol–water partition coefficient (Wildman–Crippen LogP) is 4.26. The Morgan fingerprint density at radius 3 is 2.62 bits per heavy atom. The summed E-state index contributed by atoms with van der Waals surface area (Å²) in [6.45, 7) is 5.23. The molecule has 1 atom stereocenters. The fourth-order valence-electron chi connectivity index (χ4n) is 3.70. The van der Waals surface area contributed by atoms with E-state index >= 15 is 0 Å². The molecule has 0 saturated carbocycles. The van der Waals surface area contributed by atoms with Gasteiger partial charge in [-0.05, 0) is 29.2 Å². The molecule has 6 heteroatoms. The van der Waals surface area contributed by atoms with Crippen LogP contribution in [-0.2, 0) is 17.8 Å². The number of benzene rings is 2. The quantitative estimate of drug-likeness (QED) is 0.684. The largest absolute Gasteiger partial charge is 0.371 e. The lowest BCUT2D eigenvalue weighted by Gasteiger charge is -2.25. The summed E-state index contributed by atoms with van der Waals surface area (Å²) in [5.41, 5.74) is 5.17. The highest BCUT2D eigenvalue weighted by Crippen LogP contribution is 2.27. The van der Waals surface area contributed by atoms with Crippen LogP contribution >= 0.6 is 0 Å². The number of ether oxygens (including phenoxy) is 1. The molecule has 29 heavy (non-hydrogen) atoms. The van der Waals surface area contributed by atoms with Gasteiger partial charge in [-0.3, -0.25) is 0 Å². The van der Waals surface area contributed by atoms with Crippen molar-refractivity contribution < 1.29 is 9.53 Å². The Kier molecular flexibility index (Phi) is 5.62. The highest BCUT2D eigenvalue weighted by Gasteiger charge is 2.21. The minimum atomic E-state index is -0.248. The summed E-state index contributed by atoms with van der Waals surface area (Å²) in [7, 11) is 0. The average Bonchev–Trinajstić information content (AvgIpc) is 3.16. The van der Waals surface area contributed by atoms with Crippen LogP contribution in [0, 0.1) is 0 Å². The Hall–Kier alpha value is -3.12. The molecule has 0 spiro atoms. The van der Waals surface area contributed by atoms with E-state index in [1.54, 1.807) is 6.20 Å². The molecule has 0 saturated heterocycles. The number of nitrogens with zero attached hydrogens (tertiary/aromatic N) is 2. The third-order valence-corrected chi connectivity index (χ3v) is 5.13. The van der Waals surface area contributed by atoms with Crippen molar-refractivity contribution in [1.82, 2.24) is 15.1 Å². The molecule has 1 aromatic heterocycles. The lowest BCUT2D eigenvalue weighted by atomic mass is 9.99. The summed E-state index contributed by atoms with van der Waals surface area (Å²) in [4.78, 5) is 12.5. The van der Waals surface area contributed by atoms with Crippen LogP contribution in [0.5, 0.6) is 0 Å². The molecule has 150 valence electrons. The van der Waals surface area contributed by atoms with Crippen LogP contribution in [0.2, 0.25) is 0 Å². The van der Waals surface area contributed by atoms with E-state index in [1.165, 1.54) is 11.1 Å². The van der Waals surface area contributed by atoms with Gasteiger partial charge in [0.15, 0.2) is 0 Å². The van der Waals surface area contributed by atoms with Crippen LogP contribution in [0.3, 0.4) is 0 Å². The Morgan fingerprint density at radius 2 is 1.86 bits per heavy atom. The third kappa shape index (κ3) is 4.32. The van der Waals surface area contributed by atoms with Gasteiger partial charge in [-0.2, -0.15) is 5.10 Å². The molecular formula is C23H26N4O2. The normalized spacial score (nSPS) is 15.8. The summed E-state index contributed by atoms with van der Waals surface area (Å²) in [5.74, 6) is 0.200. The Balaban J connectivity index is 1.40. The van der Waals surface area contributed by atoms with Gasteiger partial charge >= 0.3 is 6.03 Å². The van der Waals surface area contributed by atoms with E-state index in [1.807, 2.05) is 47.1 Å². The molecule has 0 radical (unpaired) electrons. The summed E-state index contributed by atoms with van der Waals surface area (Å²) in [6.07, 6.45) is 2.49. The number of urea groups is 1. The van der Waals surface area contributed by atoms with E-state index in [0.717, 1.165) is 23.5 Å². The Bertz CT molecular complexity index is 982. The minimum Gasteiger partial charge on any atom is -0.371 e. The summed E-state index contributed by atoms with van der Waals surface area (Å²) in [6, 6.07) is 18.0. The van der Waals surface area contributed by atoms with Crippen LogP contribution in [0.4, 0.5) is 10.5 Å². The summed E-state index contributed by atoms with van der Waals surface area (Å²) < 4.78 is 7.75. The molecule has 1 aliphatic heterocycles. The zero-order chi connectivity index (χ0) is 20.2. The van der Waals surface area contributed by atoms with Gasteiger partial charge in [0.05, 0.1) is 36.0 Å². The summed E-state index contributed by atoms with van der Waals surface area (Å²) >= 11 is 0. The molecule has 6 nitrogen and oxygen atoms in total. The molecule has 1 aliphatic rings. The van der Waals surface area contributed by atoms with Gasteiger partial charge in [-0.25, -0.2) is 9.48 Å². The molecule has 0 fully saturated rings. The molecule has 2 N–H and O–H groups in total. The molecule has 0 unspecified atom stereocenters. The lowest BCUT2D eigenvalue weighted by Crippen LogP contribution is -2.38. The number of carbonyl (C=O) groups is 1. The van der Waals surface area contributed by atoms with Crippen LogP contribution in [0.25, 0.3) is 5.69 Å². The van der Waals surface area contributed by atoms with Crippen molar-refractivity contribution in [1.29, 1.82) is 0 Å². The summed E-state index contributed by atoms with van der Waals surface area (Å²) in [5, 5.41) is 10.4. The van der Waals surface area contributed by atoms with Gasteiger partial charge in [0.25, 0.3) is 0 Å². The number of nitrogens with one attached hydrogen (secondary N) is 2. The van der Waals surface area contributed by atoms with E-state index < -0.39 is 0 Å². The second-order valence-corrected chi connectivity index (χ2v) is 7.59. The first-order chi connectivity index (χ1) is 14.1. The molecule has 4 rings (SSSR count). The molecular weight excluding hydrogens is 364 g/mol. The molecule has 2 heterocycles. The van der Waals surface area contributed by atoms with E-state index in [4.69, 9.17) is 4.74 Å². The van der Waals surface area contributed by atoms with E-state index in [9.17, 15) is 4.79 Å². The van der Waals surface area contributed by atoms with Crippen LogP contribution in [0.1, 0.15) is 36.6 Å². The van der Waals surface area contributed by atoms with Gasteiger partial charge in [-0.15, -0.1) is 0 Å². The van der Waals surface area contributed by atoms with Crippen molar-refractivity contribution in [3.8, 4) is 5.69 Å². The highest BCUT2D eigenvalue weighted by molar-refractivity contribution is 5.90. The zero-order valence-electron chi connectivity index (χ0n) is 16.8. The van der Waals surface area contributed by atoms with Crippen molar-refractivity contribution in [2.45, 2.75) is 38.9 Å². The first kappa shape index (κ1) is 19.2. The highest BCUT2D eigenvalue weighted by atomic mass is 16.5. The average molecular weight is 390 g/mol. The number of carbonyl (C=O) groups excluding carboxylic acids is 1. The van der Waals surface area contributed by atoms with Gasteiger partial charge in [0.2, 0.25) is 0 Å². The van der Waals surface area contributed by atoms with Gasteiger partial charge < -0.3 is 15.4 Å². The van der Waals surface area contributed by atoms with E-state index in [0.29, 0.717) is 13.2 Å². The first-order valence-electron chi connectivity index (χ1n) is 9.98. The smallest absolute Gasteiger partial charge is 0.319 e. The fourth-order valence-corrected chi connectivity index (χ4v) is 3.70. The number of amides is 2. The number of aromatic nitrogens is 2. The van der Waals surface area contributed by atoms with Gasteiger partial charge in [0, 0.05) is 13.0 Å². The second-order valence-electron chi connectivity index (χ2n) is 7.59. The monoisotopic (exact) mass is 390 g/mol. The van der Waals surface area contributed by atoms with E-state index in [-0.39, 0.29) is 18.1 Å². The SMILES string of the molecule is CC(C)c1c(NC(=O)NC[C@@H]2Cc3ccccc3CO2)cnn1-c1ccccc1. The Morgan fingerprint density at radius 1 is 1.14 bits per heavy atom. The van der Waals surface area contributed by atoms with Crippen LogP contribution in [-0.4, -0.2) is 28.5 Å². The van der Waals surface area contributed by atoms with Crippen molar-refractivity contribution in [2.75, 3.05) is 11.9 Å². The molecule has 0 bridgehead atoms. The topological polar surface area (TPSA) is 68.2 Å². The molecule has 3 aromatic rings.